The Bertz CT molecular complexity index is 445. The fraction of sp³-hybridized carbons (Fsp3) is 0.867. The highest BCUT2D eigenvalue weighted by molar-refractivity contribution is 7.09. The summed E-state index contributed by atoms with van der Waals surface area (Å²) in [6, 6.07) is 0. The highest BCUT2D eigenvalue weighted by Crippen LogP contribution is 2.29. The van der Waals surface area contributed by atoms with Crippen molar-refractivity contribution in [1.82, 2.24) is 14.3 Å². The Morgan fingerprint density at radius 3 is 2.60 bits per heavy atom. The first-order chi connectivity index (χ1) is 9.52. The zero-order chi connectivity index (χ0) is 14.2. The molecule has 1 atom stereocenters. The predicted octanol–water partition coefficient (Wildman–Crippen LogP) is 2.76. The molecule has 0 spiro atoms. The molecule has 0 saturated carbocycles. The van der Waals surface area contributed by atoms with Crippen LogP contribution in [0.5, 0.6) is 0 Å². The minimum atomic E-state index is 0.0590. The minimum Gasteiger partial charge on any atom is -0.347 e. The van der Waals surface area contributed by atoms with Crippen molar-refractivity contribution in [2.45, 2.75) is 45.4 Å². The fourth-order valence-electron chi connectivity index (χ4n) is 3.13. The molecule has 0 aromatic carbocycles. The zero-order valence-corrected chi connectivity index (χ0v) is 13.7. The molecule has 20 heavy (non-hydrogen) atoms. The van der Waals surface area contributed by atoms with Crippen LogP contribution in [0.25, 0.3) is 0 Å². The summed E-state index contributed by atoms with van der Waals surface area (Å²) in [5.74, 6) is 1.80. The molecular formula is C15H26N4S. The first-order valence-corrected chi connectivity index (χ1v) is 8.61. The van der Waals surface area contributed by atoms with Gasteiger partial charge >= 0.3 is 0 Å². The van der Waals surface area contributed by atoms with E-state index in [0.717, 1.165) is 30.0 Å². The average Bonchev–Trinajstić information content (AvgIpc) is 3.08. The van der Waals surface area contributed by atoms with Crippen molar-refractivity contribution in [2.75, 3.05) is 37.6 Å². The molecular weight excluding hydrogens is 268 g/mol. The number of hydrogen-bond acceptors (Lipinski definition) is 5. The van der Waals surface area contributed by atoms with Crippen molar-refractivity contribution < 1.29 is 0 Å². The summed E-state index contributed by atoms with van der Waals surface area (Å²) < 4.78 is 4.54. The molecule has 2 aliphatic heterocycles. The molecule has 1 aromatic heterocycles. The lowest BCUT2D eigenvalue weighted by Crippen LogP contribution is -2.29. The fourth-order valence-corrected chi connectivity index (χ4v) is 4.03. The van der Waals surface area contributed by atoms with E-state index in [0.29, 0.717) is 0 Å². The maximum atomic E-state index is 4.75. The summed E-state index contributed by atoms with van der Waals surface area (Å²) in [6.07, 6.45) is 4.09. The highest BCUT2D eigenvalue weighted by Gasteiger charge is 2.28. The first-order valence-electron chi connectivity index (χ1n) is 7.84. The first kappa shape index (κ1) is 14.3. The van der Waals surface area contributed by atoms with Gasteiger partial charge in [0.25, 0.3) is 0 Å². The summed E-state index contributed by atoms with van der Waals surface area (Å²) in [5.41, 5.74) is 0.0590. The Balaban J connectivity index is 1.57. The average molecular weight is 294 g/mol. The quantitative estimate of drug-likeness (QED) is 0.858. The summed E-state index contributed by atoms with van der Waals surface area (Å²) in [4.78, 5) is 9.82. The van der Waals surface area contributed by atoms with Crippen LogP contribution in [0.15, 0.2) is 0 Å². The Morgan fingerprint density at radius 2 is 1.95 bits per heavy atom. The van der Waals surface area contributed by atoms with Gasteiger partial charge in [-0.1, -0.05) is 20.8 Å². The van der Waals surface area contributed by atoms with Gasteiger partial charge in [-0.3, -0.25) is 0 Å². The summed E-state index contributed by atoms with van der Waals surface area (Å²) in [7, 11) is 0. The van der Waals surface area contributed by atoms with Gasteiger partial charge in [0.2, 0.25) is 5.13 Å². The Morgan fingerprint density at radius 1 is 1.20 bits per heavy atom. The molecule has 2 fully saturated rings. The summed E-state index contributed by atoms with van der Waals surface area (Å²) in [6.45, 7) is 12.7. The highest BCUT2D eigenvalue weighted by atomic mass is 32.1. The number of nitrogens with zero attached hydrogens (tertiary/aromatic N) is 4. The predicted molar refractivity (Wildman–Crippen MR) is 84.6 cm³/mol. The molecule has 3 rings (SSSR count). The molecule has 2 aliphatic rings. The van der Waals surface area contributed by atoms with Crippen molar-refractivity contribution in [2.24, 2.45) is 5.92 Å². The third-order valence-corrected chi connectivity index (χ3v) is 5.13. The molecule has 1 aromatic rings. The lowest BCUT2D eigenvalue weighted by molar-refractivity contribution is 0.289. The summed E-state index contributed by atoms with van der Waals surface area (Å²) >= 11 is 1.57. The van der Waals surface area contributed by atoms with E-state index in [9.17, 15) is 0 Å². The second kappa shape index (κ2) is 5.60. The molecule has 0 bridgehead atoms. The van der Waals surface area contributed by atoms with Crippen LogP contribution in [0, 0.1) is 5.92 Å². The number of rotatable bonds is 3. The number of anilines is 1. The van der Waals surface area contributed by atoms with E-state index in [-0.39, 0.29) is 5.41 Å². The molecule has 0 N–H and O–H groups in total. The van der Waals surface area contributed by atoms with E-state index in [1.807, 2.05) is 0 Å². The van der Waals surface area contributed by atoms with Gasteiger partial charge in [0.15, 0.2) is 0 Å². The third-order valence-electron chi connectivity index (χ3n) is 4.36. The van der Waals surface area contributed by atoms with Crippen molar-refractivity contribution >= 4 is 16.7 Å². The van der Waals surface area contributed by atoms with Gasteiger partial charge in [-0.15, -0.1) is 0 Å². The molecule has 0 radical (unpaired) electrons. The van der Waals surface area contributed by atoms with E-state index in [1.54, 1.807) is 11.5 Å². The van der Waals surface area contributed by atoms with Crippen molar-refractivity contribution in [1.29, 1.82) is 0 Å². The molecule has 0 aliphatic carbocycles. The summed E-state index contributed by atoms with van der Waals surface area (Å²) in [5, 5.41) is 1.12. The standard InChI is InChI=1S/C15H26N4S/c1-15(2,3)13-16-14(20-17-13)19-9-6-12(11-19)10-18-7-4-5-8-18/h12H,4-11H2,1-3H3. The van der Waals surface area contributed by atoms with Gasteiger partial charge in [-0.05, 0) is 38.3 Å². The van der Waals surface area contributed by atoms with Crippen molar-refractivity contribution in [3.8, 4) is 0 Å². The van der Waals surface area contributed by atoms with Crippen LogP contribution in [-0.2, 0) is 5.41 Å². The van der Waals surface area contributed by atoms with Gasteiger partial charge in [0, 0.05) is 36.6 Å². The van der Waals surface area contributed by atoms with Gasteiger partial charge in [-0.25, -0.2) is 4.98 Å². The zero-order valence-electron chi connectivity index (χ0n) is 12.9. The van der Waals surface area contributed by atoms with Crippen LogP contribution in [-0.4, -0.2) is 47.0 Å². The smallest absolute Gasteiger partial charge is 0.205 e. The second-order valence-corrected chi connectivity index (χ2v) is 7.99. The molecule has 4 nitrogen and oxygen atoms in total. The molecule has 2 saturated heterocycles. The SMILES string of the molecule is CC(C)(C)c1nsc(N2CCC(CN3CCCC3)C2)n1. The largest absolute Gasteiger partial charge is 0.347 e. The van der Waals surface area contributed by atoms with E-state index >= 15 is 0 Å². The Hall–Kier alpha value is -0.680. The van der Waals surface area contributed by atoms with Crippen molar-refractivity contribution in [3.05, 3.63) is 5.82 Å². The van der Waals surface area contributed by atoms with E-state index in [2.05, 4.69) is 34.9 Å². The number of hydrogen-bond donors (Lipinski definition) is 0. The van der Waals surface area contributed by atoms with Crippen LogP contribution in [0.3, 0.4) is 0 Å². The third kappa shape index (κ3) is 3.14. The number of aromatic nitrogens is 2. The lowest BCUT2D eigenvalue weighted by atomic mass is 9.96. The van der Waals surface area contributed by atoms with Crippen LogP contribution in [0.4, 0.5) is 5.13 Å². The van der Waals surface area contributed by atoms with Gasteiger partial charge in [0.05, 0.1) is 0 Å². The van der Waals surface area contributed by atoms with Crippen LogP contribution >= 0.6 is 11.5 Å². The molecule has 112 valence electrons. The molecule has 1 unspecified atom stereocenters. The Labute approximate surface area is 126 Å². The van der Waals surface area contributed by atoms with Gasteiger partial charge in [0.1, 0.15) is 5.82 Å². The molecule has 5 heteroatoms. The van der Waals surface area contributed by atoms with Crippen molar-refractivity contribution in [3.63, 3.8) is 0 Å². The molecule has 3 heterocycles. The second-order valence-electron chi connectivity index (χ2n) is 7.26. The van der Waals surface area contributed by atoms with Crippen LogP contribution in [0.1, 0.15) is 45.9 Å². The molecule has 0 amide bonds. The normalized spacial score (nSPS) is 24.8. The topological polar surface area (TPSA) is 32.3 Å². The van der Waals surface area contributed by atoms with Crippen LogP contribution < -0.4 is 4.90 Å². The van der Waals surface area contributed by atoms with E-state index in [4.69, 9.17) is 4.98 Å². The number of likely N-dealkylation sites (tertiary alicyclic amines) is 1. The Kier molecular flexibility index (Phi) is 4.00. The van der Waals surface area contributed by atoms with Crippen LogP contribution in [0.2, 0.25) is 0 Å². The maximum absolute atomic E-state index is 4.75. The maximum Gasteiger partial charge on any atom is 0.205 e. The van der Waals surface area contributed by atoms with Gasteiger partial charge < -0.3 is 9.80 Å². The lowest BCUT2D eigenvalue weighted by Gasteiger charge is -2.20. The van der Waals surface area contributed by atoms with E-state index < -0.39 is 0 Å². The minimum absolute atomic E-state index is 0.0590. The van der Waals surface area contributed by atoms with Gasteiger partial charge in [-0.2, -0.15) is 4.37 Å². The monoisotopic (exact) mass is 294 g/mol. The van der Waals surface area contributed by atoms with E-state index in [1.165, 1.54) is 38.9 Å².